The summed E-state index contributed by atoms with van der Waals surface area (Å²) in [6, 6.07) is 3.33. The third kappa shape index (κ3) is 2.08. The van der Waals surface area contributed by atoms with Gasteiger partial charge in [0.25, 0.3) is 0 Å². The van der Waals surface area contributed by atoms with Crippen molar-refractivity contribution in [1.82, 2.24) is 4.98 Å². The van der Waals surface area contributed by atoms with Gasteiger partial charge in [-0.1, -0.05) is 11.6 Å². The van der Waals surface area contributed by atoms with E-state index < -0.39 is 11.4 Å². The SMILES string of the molecule is CC(C)(C#N)c1nccc(C(=O)O)c1Cl. The highest BCUT2D eigenvalue weighted by atomic mass is 35.5. The zero-order chi connectivity index (χ0) is 11.6. The number of aromatic nitrogens is 1. The van der Waals surface area contributed by atoms with E-state index in [1.54, 1.807) is 13.8 Å². The van der Waals surface area contributed by atoms with E-state index in [9.17, 15) is 4.79 Å². The van der Waals surface area contributed by atoms with Gasteiger partial charge in [0.05, 0.1) is 27.8 Å². The number of hydrogen-bond acceptors (Lipinski definition) is 3. The predicted octanol–water partition coefficient (Wildman–Crippen LogP) is 2.23. The summed E-state index contributed by atoms with van der Waals surface area (Å²) in [7, 11) is 0. The highest BCUT2D eigenvalue weighted by Crippen LogP contribution is 2.29. The first-order valence-corrected chi connectivity index (χ1v) is 4.57. The Labute approximate surface area is 92.1 Å². The largest absolute Gasteiger partial charge is 0.478 e. The Balaban J connectivity index is 3.42. The number of carboxylic acids is 1. The van der Waals surface area contributed by atoms with E-state index in [4.69, 9.17) is 22.0 Å². The van der Waals surface area contributed by atoms with Crippen LogP contribution in [0.2, 0.25) is 5.02 Å². The highest BCUT2D eigenvalue weighted by molar-refractivity contribution is 6.34. The van der Waals surface area contributed by atoms with Gasteiger partial charge in [-0.05, 0) is 19.9 Å². The van der Waals surface area contributed by atoms with Crippen LogP contribution in [0.25, 0.3) is 0 Å². The van der Waals surface area contributed by atoms with Crippen LogP contribution in [0.1, 0.15) is 29.9 Å². The second kappa shape index (κ2) is 3.87. The van der Waals surface area contributed by atoms with Gasteiger partial charge in [0.15, 0.2) is 0 Å². The van der Waals surface area contributed by atoms with Gasteiger partial charge >= 0.3 is 5.97 Å². The monoisotopic (exact) mass is 224 g/mol. The van der Waals surface area contributed by atoms with Gasteiger partial charge < -0.3 is 5.11 Å². The molecule has 0 radical (unpaired) electrons. The van der Waals surface area contributed by atoms with E-state index in [1.807, 2.05) is 6.07 Å². The number of aromatic carboxylic acids is 1. The van der Waals surface area contributed by atoms with Crippen molar-refractivity contribution in [2.75, 3.05) is 0 Å². The molecule has 4 nitrogen and oxygen atoms in total. The van der Waals surface area contributed by atoms with Crippen LogP contribution in [0.5, 0.6) is 0 Å². The lowest BCUT2D eigenvalue weighted by Crippen LogP contribution is -2.18. The van der Waals surface area contributed by atoms with Crippen LogP contribution < -0.4 is 0 Å². The van der Waals surface area contributed by atoms with Crippen LogP contribution in [-0.2, 0) is 5.41 Å². The van der Waals surface area contributed by atoms with E-state index in [0.29, 0.717) is 0 Å². The molecule has 0 fully saturated rings. The molecule has 0 spiro atoms. The van der Waals surface area contributed by atoms with Gasteiger partial charge in [0.1, 0.15) is 0 Å². The Morgan fingerprint density at radius 1 is 1.67 bits per heavy atom. The van der Waals surface area contributed by atoms with E-state index in [2.05, 4.69) is 4.98 Å². The Kier molecular flexibility index (Phi) is 2.96. The van der Waals surface area contributed by atoms with Gasteiger partial charge in [-0.15, -0.1) is 0 Å². The molecule has 0 aliphatic carbocycles. The van der Waals surface area contributed by atoms with Crippen LogP contribution >= 0.6 is 11.6 Å². The standard InChI is InChI=1S/C10H9ClN2O2/c1-10(2,5-12)8-7(11)6(9(14)15)3-4-13-8/h3-4H,1-2H3,(H,14,15). The average molecular weight is 225 g/mol. The summed E-state index contributed by atoms with van der Waals surface area (Å²) in [6.07, 6.45) is 1.34. The third-order valence-corrected chi connectivity index (χ3v) is 2.37. The van der Waals surface area contributed by atoms with E-state index in [-0.39, 0.29) is 16.3 Å². The second-order valence-corrected chi connectivity index (χ2v) is 3.94. The molecule has 0 unspecified atom stereocenters. The minimum Gasteiger partial charge on any atom is -0.478 e. The Morgan fingerprint density at radius 3 is 2.73 bits per heavy atom. The zero-order valence-electron chi connectivity index (χ0n) is 8.28. The van der Waals surface area contributed by atoms with Crippen molar-refractivity contribution in [2.24, 2.45) is 0 Å². The first kappa shape index (κ1) is 11.5. The fraction of sp³-hybridized carbons (Fsp3) is 0.300. The van der Waals surface area contributed by atoms with Gasteiger partial charge in [0.2, 0.25) is 0 Å². The molecule has 0 saturated carbocycles. The van der Waals surface area contributed by atoms with E-state index in [0.717, 1.165) is 0 Å². The zero-order valence-corrected chi connectivity index (χ0v) is 9.04. The number of hydrogen-bond donors (Lipinski definition) is 1. The molecule has 1 aromatic rings. The summed E-state index contributed by atoms with van der Waals surface area (Å²) < 4.78 is 0. The molecule has 0 atom stereocenters. The van der Waals surface area contributed by atoms with Crippen LogP contribution in [0, 0.1) is 11.3 Å². The lowest BCUT2D eigenvalue weighted by molar-refractivity contribution is 0.0697. The molecule has 0 aromatic carbocycles. The molecule has 0 saturated heterocycles. The molecule has 0 amide bonds. The van der Waals surface area contributed by atoms with E-state index >= 15 is 0 Å². The fourth-order valence-electron chi connectivity index (χ4n) is 1.10. The number of carboxylic acid groups (broad SMARTS) is 1. The van der Waals surface area contributed by atoms with Gasteiger partial charge in [-0.3, -0.25) is 4.98 Å². The molecule has 1 rings (SSSR count). The first-order chi connectivity index (χ1) is 6.90. The summed E-state index contributed by atoms with van der Waals surface area (Å²) in [5.41, 5.74) is -0.653. The van der Waals surface area contributed by atoms with E-state index in [1.165, 1.54) is 12.3 Å². The molecule has 1 heterocycles. The van der Waals surface area contributed by atoms with Crippen molar-refractivity contribution in [3.05, 3.63) is 28.5 Å². The Bertz CT molecular complexity index is 449. The van der Waals surface area contributed by atoms with Crippen molar-refractivity contribution in [1.29, 1.82) is 5.26 Å². The molecular formula is C10H9ClN2O2. The van der Waals surface area contributed by atoms with Crippen LogP contribution in [0.3, 0.4) is 0 Å². The molecular weight excluding hydrogens is 216 g/mol. The smallest absolute Gasteiger partial charge is 0.337 e. The number of carbonyl (C=O) groups is 1. The summed E-state index contributed by atoms with van der Waals surface area (Å²) in [4.78, 5) is 14.7. The summed E-state index contributed by atoms with van der Waals surface area (Å²) in [5.74, 6) is -1.13. The predicted molar refractivity (Wildman–Crippen MR) is 54.8 cm³/mol. The normalized spacial score (nSPS) is 10.8. The molecule has 78 valence electrons. The maximum absolute atomic E-state index is 10.8. The maximum Gasteiger partial charge on any atom is 0.337 e. The minimum atomic E-state index is -1.13. The van der Waals surface area contributed by atoms with Crippen molar-refractivity contribution in [2.45, 2.75) is 19.3 Å². The van der Waals surface area contributed by atoms with Crippen molar-refractivity contribution < 1.29 is 9.90 Å². The lowest BCUT2D eigenvalue weighted by Gasteiger charge is -2.16. The number of nitrogens with zero attached hydrogens (tertiary/aromatic N) is 2. The molecule has 5 heteroatoms. The average Bonchev–Trinajstić information content (AvgIpc) is 2.17. The molecule has 1 aromatic heterocycles. The highest BCUT2D eigenvalue weighted by Gasteiger charge is 2.27. The van der Waals surface area contributed by atoms with Gasteiger partial charge in [-0.2, -0.15) is 5.26 Å². The van der Waals surface area contributed by atoms with Crippen molar-refractivity contribution in [3.8, 4) is 6.07 Å². The first-order valence-electron chi connectivity index (χ1n) is 4.19. The van der Waals surface area contributed by atoms with Crippen LogP contribution in [0.4, 0.5) is 0 Å². The van der Waals surface area contributed by atoms with Gasteiger partial charge in [-0.25, -0.2) is 4.79 Å². The number of rotatable bonds is 2. The summed E-state index contributed by atoms with van der Waals surface area (Å²) in [5, 5.41) is 17.8. The van der Waals surface area contributed by atoms with Gasteiger partial charge in [0, 0.05) is 6.20 Å². The van der Waals surface area contributed by atoms with Crippen molar-refractivity contribution >= 4 is 17.6 Å². The quantitative estimate of drug-likeness (QED) is 0.836. The summed E-state index contributed by atoms with van der Waals surface area (Å²) in [6.45, 7) is 3.26. The molecule has 0 bridgehead atoms. The lowest BCUT2D eigenvalue weighted by atomic mass is 9.90. The topological polar surface area (TPSA) is 74.0 Å². The molecule has 1 N–H and O–H groups in total. The third-order valence-electron chi connectivity index (χ3n) is 1.99. The number of pyridine rings is 1. The number of halogens is 1. The molecule has 0 aliphatic heterocycles. The second-order valence-electron chi connectivity index (χ2n) is 3.56. The maximum atomic E-state index is 10.8. The van der Waals surface area contributed by atoms with Crippen LogP contribution in [-0.4, -0.2) is 16.1 Å². The fourth-order valence-corrected chi connectivity index (χ4v) is 1.53. The summed E-state index contributed by atoms with van der Waals surface area (Å²) >= 11 is 5.87. The minimum absolute atomic E-state index is 0.0246. The Morgan fingerprint density at radius 2 is 2.27 bits per heavy atom. The molecule has 0 aliphatic rings. The molecule has 15 heavy (non-hydrogen) atoms. The Hall–Kier alpha value is -1.60. The van der Waals surface area contributed by atoms with Crippen molar-refractivity contribution in [3.63, 3.8) is 0 Å². The van der Waals surface area contributed by atoms with Crippen LogP contribution in [0.15, 0.2) is 12.3 Å². The number of nitriles is 1.